The SMILES string of the molecule is CC1CCC(C(C)C)C(OC(=O)O[C@@H]2O[C@H](CO)[C@@H](O)[C@H](O)[C@H]2O)C1. The Kier molecular flexibility index (Phi) is 7.04. The van der Waals surface area contributed by atoms with E-state index in [1.54, 1.807) is 0 Å². The molecule has 25 heavy (non-hydrogen) atoms. The molecule has 1 aliphatic heterocycles. The minimum Gasteiger partial charge on any atom is -0.431 e. The van der Waals surface area contributed by atoms with Crippen LogP contribution >= 0.6 is 0 Å². The highest BCUT2D eigenvalue weighted by Gasteiger charge is 2.46. The molecule has 4 N–H and O–H groups in total. The van der Waals surface area contributed by atoms with Crippen molar-refractivity contribution in [2.45, 2.75) is 76.8 Å². The summed E-state index contributed by atoms with van der Waals surface area (Å²) in [6.45, 7) is 5.69. The van der Waals surface area contributed by atoms with E-state index in [0.717, 1.165) is 19.3 Å². The third kappa shape index (κ3) is 4.83. The number of carbonyl (C=O) groups excluding carboxylic acids is 1. The van der Waals surface area contributed by atoms with Gasteiger partial charge in [0, 0.05) is 0 Å². The Morgan fingerprint density at radius 3 is 2.40 bits per heavy atom. The fourth-order valence-corrected chi connectivity index (χ4v) is 3.66. The van der Waals surface area contributed by atoms with Crippen molar-refractivity contribution in [3.05, 3.63) is 0 Å². The smallest absolute Gasteiger partial charge is 0.431 e. The normalized spacial score (nSPS) is 42.2. The summed E-state index contributed by atoms with van der Waals surface area (Å²) in [6.07, 6.45) is -5.83. The first kappa shape index (κ1) is 20.4. The van der Waals surface area contributed by atoms with Crippen LogP contribution in [0.5, 0.6) is 0 Å². The monoisotopic (exact) mass is 362 g/mol. The topological polar surface area (TPSA) is 126 Å². The summed E-state index contributed by atoms with van der Waals surface area (Å²) in [7, 11) is 0. The third-order valence-electron chi connectivity index (χ3n) is 5.27. The van der Waals surface area contributed by atoms with Crippen LogP contribution in [0.25, 0.3) is 0 Å². The van der Waals surface area contributed by atoms with E-state index in [0.29, 0.717) is 11.8 Å². The van der Waals surface area contributed by atoms with Crippen LogP contribution < -0.4 is 0 Å². The second-order valence-corrected chi connectivity index (χ2v) is 7.55. The molecule has 8 nitrogen and oxygen atoms in total. The predicted octanol–water partition coefficient (Wildman–Crippen LogP) is 0.400. The molecule has 2 fully saturated rings. The number of ether oxygens (including phenoxy) is 3. The lowest BCUT2D eigenvalue weighted by atomic mass is 9.75. The first-order valence-electron chi connectivity index (χ1n) is 8.92. The molecule has 0 aromatic rings. The summed E-state index contributed by atoms with van der Waals surface area (Å²) in [4.78, 5) is 12.1. The molecule has 146 valence electrons. The number of hydrogen-bond acceptors (Lipinski definition) is 8. The molecule has 3 unspecified atom stereocenters. The van der Waals surface area contributed by atoms with Gasteiger partial charge in [0.15, 0.2) is 0 Å². The van der Waals surface area contributed by atoms with Crippen LogP contribution in [-0.4, -0.2) is 70.0 Å². The van der Waals surface area contributed by atoms with Crippen LogP contribution in [0.2, 0.25) is 0 Å². The van der Waals surface area contributed by atoms with Crippen LogP contribution in [0.15, 0.2) is 0 Å². The Hall–Kier alpha value is -0.930. The molecule has 0 spiro atoms. The van der Waals surface area contributed by atoms with Gasteiger partial charge in [0.1, 0.15) is 30.5 Å². The van der Waals surface area contributed by atoms with Gasteiger partial charge in [-0.2, -0.15) is 0 Å². The first-order valence-corrected chi connectivity index (χ1v) is 8.92. The number of rotatable bonds is 4. The lowest BCUT2D eigenvalue weighted by Gasteiger charge is -2.40. The number of aliphatic hydroxyl groups is 4. The van der Waals surface area contributed by atoms with E-state index in [1.807, 2.05) is 0 Å². The van der Waals surface area contributed by atoms with Gasteiger partial charge in [-0.1, -0.05) is 27.2 Å². The van der Waals surface area contributed by atoms with Gasteiger partial charge in [-0.3, -0.25) is 0 Å². The van der Waals surface area contributed by atoms with Gasteiger partial charge in [-0.15, -0.1) is 0 Å². The average molecular weight is 362 g/mol. The van der Waals surface area contributed by atoms with Crippen molar-refractivity contribution in [3.8, 4) is 0 Å². The lowest BCUT2D eigenvalue weighted by Crippen LogP contribution is -2.59. The predicted molar refractivity (Wildman–Crippen MR) is 86.5 cm³/mol. The van der Waals surface area contributed by atoms with E-state index < -0.39 is 43.5 Å². The standard InChI is InChI=1S/C17H30O8/c1-8(2)10-5-4-9(3)6-11(10)24-17(22)25-16-15(21)14(20)13(19)12(7-18)23-16/h8-16,18-21H,4-7H2,1-3H3/t9?,10?,11?,12-,13-,14+,15-,16+/m1/s1. The van der Waals surface area contributed by atoms with E-state index in [1.165, 1.54) is 0 Å². The van der Waals surface area contributed by atoms with E-state index in [4.69, 9.17) is 19.3 Å². The third-order valence-corrected chi connectivity index (χ3v) is 5.27. The maximum atomic E-state index is 12.1. The molecular weight excluding hydrogens is 332 g/mol. The lowest BCUT2D eigenvalue weighted by molar-refractivity contribution is -0.290. The average Bonchev–Trinajstić information content (AvgIpc) is 2.55. The molecule has 0 amide bonds. The minimum absolute atomic E-state index is 0.235. The zero-order valence-electron chi connectivity index (χ0n) is 14.9. The van der Waals surface area contributed by atoms with Crippen LogP contribution in [0.4, 0.5) is 4.79 Å². The molecule has 8 heteroatoms. The molecule has 0 radical (unpaired) electrons. The number of hydrogen-bond donors (Lipinski definition) is 4. The zero-order valence-corrected chi connectivity index (χ0v) is 14.9. The summed E-state index contributed by atoms with van der Waals surface area (Å²) >= 11 is 0. The molecule has 2 aliphatic rings. The van der Waals surface area contributed by atoms with Gasteiger partial charge in [-0.05, 0) is 30.6 Å². The Balaban J connectivity index is 1.96. The maximum Gasteiger partial charge on any atom is 0.510 e. The van der Waals surface area contributed by atoms with Crippen molar-refractivity contribution in [1.82, 2.24) is 0 Å². The number of carbonyl (C=O) groups is 1. The van der Waals surface area contributed by atoms with E-state index in [9.17, 15) is 20.1 Å². The largest absolute Gasteiger partial charge is 0.510 e. The molecule has 0 bridgehead atoms. The Morgan fingerprint density at radius 1 is 1.12 bits per heavy atom. The minimum atomic E-state index is -1.63. The summed E-state index contributed by atoms with van der Waals surface area (Å²) < 4.78 is 15.6. The van der Waals surface area contributed by atoms with Crippen LogP contribution in [-0.2, 0) is 14.2 Å². The summed E-state index contributed by atoms with van der Waals surface area (Å²) in [5.74, 6) is 1.04. The van der Waals surface area contributed by atoms with Crippen LogP contribution in [0, 0.1) is 17.8 Å². The van der Waals surface area contributed by atoms with Crippen molar-refractivity contribution in [2.75, 3.05) is 6.61 Å². The number of aliphatic hydroxyl groups excluding tert-OH is 4. The van der Waals surface area contributed by atoms with Gasteiger partial charge < -0.3 is 34.6 Å². The molecule has 1 aliphatic carbocycles. The van der Waals surface area contributed by atoms with Gasteiger partial charge >= 0.3 is 6.16 Å². The first-order chi connectivity index (χ1) is 11.7. The fraction of sp³-hybridized carbons (Fsp3) is 0.941. The molecule has 0 aromatic carbocycles. The maximum absolute atomic E-state index is 12.1. The molecule has 2 rings (SSSR count). The zero-order chi connectivity index (χ0) is 18.7. The Bertz CT molecular complexity index is 440. The summed E-state index contributed by atoms with van der Waals surface area (Å²) in [5, 5.41) is 38.5. The molecule has 1 saturated carbocycles. The van der Waals surface area contributed by atoms with Crippen molar-refractivity contribution >= 4 is 6.16 Å². The summed E-state index contributed by atoms with van der Waals surface area (Å²) in [5.41, 5.74) is 0. The Labute approximate surface area is 147 Å². The highest BCUT2D eigenvalue weighted by atomic mass is 16.8. The van der Waals surface area contributed by atoms with Gasteiger partial charge in [0.2, 0.25) is 6.29 Å². The molecular formula is C17H30O8. The Morgan fingerprint density at radius 2 is 1.80 bits per heavy atom. The van der Waals surface area contributed by atoms with E-state index in [2.05, 4.69) is 20.8 Å². The molecule has 0 aromatic heterocycles. The summed E-state index contributed by atoms with van der Waals surface area (Å²) in [6, 6.07) is 0. The van der Waals surface area contributed by atoms with Crippen molar-refractivity contribution in [1.29, 1.82) is 0 Å². The quantitative estimate of drug-likeness (QED) is 0.530. The van der Waals surface area contributed by atoms with Crippen molar-refractivity contribution in [2.24, 2.45) is 17.8 Å². The van der Waals surface area contributed by atoms with E-state index >= 15 is 0 Å². The van der Waals surface area contributed by atoms with Crippen LogP contribution in [0.1, 0.15) is 40.0 Å². The fourth-order valence-electron chi connectivity index (χ4n) is 3.66. The second-order valence-electron chi connectivity index (χ2n) is 7.55. The van der Waals surface area contributed by atoms with E-state index in [-0.39, 0.29) is 12.0 Å². The second kappa shape index (κ2) is 8.64. The van der Waals surface area contributed by atoms with Gasteiger partial charge in [-0.25, -0.2) is 4.79 Å². The van der Waals surface area contributed by atoms with Crippen LogP contribution in [0.3, 0.4) is 0 Å². The van der Waals surface area contributed by atoms with Gasteiger partial charge in [0.05, 0.1) is 6.61 Å². The highest BCUT2D eigenvalue weighted by Crippen LogP contribution is 2.35. The molecule has 8 atom stereocenters. The van der Waals surface area contributed by atoms with Crippen molar-refractivity contribution < 1.29 is 39.4 Å². The highest BCUT2D eigenvalue weighted by molar-refractivity contribution is 5.60. The van der Waals surface area contributed by atoms with Crippen molar-refractivity contribution in [3.63, 3.8) is 0 Å². The molecule has 1 saturated heterocycles. The van der Waals surface area contributed by atoms with Gasteiger partial charge in [0.25, 0.3) is 0 Å². The molecule has 1 heterocycles.